The molecule has 0 spiro atoms. The van der Waals surface area contributed by atoms with E-state index >= 15 is 0 Å². The molecule has 2 aromatic heterocycles. The third-order valence-electron chi connectivity index (χ3n) is 4.37. The van der Waals surface area contributed by atoms with Gasteiger partial charge in [0, 0.05) is 4.88 Å². The fourth-order valence-corrected chi connectivity index (χ4v) is 4.08. The lowest BCUT2D eigenvalue weighted by Crippen LogP contribution is -1.97. The Bertz CT molecular complexity index is 1220. The van der Waals surface area contributed by atoms with Crippen molar-refractivity contribution < 1.29 is 15.0 Å². The number of anilines is 1. The van der Waals surface area contributed by atoms with Gasteiger partial charge in [-0.1, -0.05) is 12.1 Å². The zero-order valence-electron chi connectivity index (χ0n) is 15.3. The first-order chi connectivity index (χ1) is 14.0. The predicted octanol–water partition coefficient (Wildman–Crippen LogP) is 4.52. The molecule has 0 saturated heterocycles. The van der Waals surface area contributed by atoms with Crippen molar-refractivity contribution in [3.63, 3.8) is 0 Å². The Labute approximate surface area is 170 Å². The maximum Gasteiger partial charge on any atom is 0.335 e. The summed E-state index contributed by atoms with van der Waals surface area (Å²) in [5.41, 5.74) is 6.81. The lowest BCUT2D eigenvalue weighted by molar-refractivity contribution is 0.0697. The van der Waals surface area contributed by atoms with Crippen LogP contribution in [0, 0.1) is 6.92 Å². The standard InChI is InChI=1S/C21H16N4O3S/c1-12-17-19(29-18(12)14-6-8-16(26)9-7-14)20(23-11-22-17)25-24-10-13-2-4-15(5-3-13)21(27)28/h2-11,26H,1H3,(H,27,28)(H,22,23,25). The Kier molecular flexibility index (Phi) is 4.92. The number of aryl methyl sites for hydroxylation is 1. The maximum atomic E-state index is 10.9. The second-order valence-electron chi connectivity index (χ2n) is 6.30. The van der Waals surface area contributed by atoms with Crippen LogP contribution in [0.2, 0.25) is 0 Å². The highest BCUT2D eigenvalue weighted by Gasteiger charge is 2.15. The minimum Gasteiger partial charge on any atom is -0.508 e. The molecular formula is C21H16N4O3S. The van der Waals surface area contributed by atoms with Crippen LogP contribution in [0.25, 0.3) is 20.7 Å². The van der Waals surface area contributed by atoms with E-state index in [-0.39, 0.29) is 11.3 Å². The lowest BCUT2D eigenvalue weighted by Gasteiger charge is -2.00. The molecule has 0 aliphatic heterocycles. The monoisotopic (exact) mass is 404 g/mol. The van der Waals surface area contributed by atoms with Crippen molar-refractivity contribution in [2.45, 2.75) is 6.92 Å². The van der Waals surface area contributed by atoms with E-state index in [2.05, 4.69) is 20.5 Å². The summed E-state index contributed by atoms with van der Waals surface area (Å²) in [6.07, 6.45) is 3.09. The highest BCUT2D eigenvalue weighted by atomic mass is 32.1. The number of carboxylic acids is 1. The van der Waals surface area contributed by atoms with Crippen LogP contribution in [0.1, 0.15) is 21.5 Å². The van der Waals surface area contributed by atoms with Crippen LogP contribution in [0.4, 0.5) is 5.82 Å². The number of phenolic OH excluding ortho intramolecular Hbond substituents is 1. The Morgan fingerprint density at radius 1 is 1.10 bits per heavy atom. The molecule has 0 radical (unpaired) electrons. The quantitative estimate of drug-likeness (QED) is 0.333. The molecule has 0 unspecified atom stereocenters. The van der Waals surface area contributed by atoms with E-state index in [0.717, 1.165) is 31.8 Å². The molecule has 144 valence electrons. The molecule has 0 atom stereocenters. The van der Waals surface area contributed by atoms with Gasteiger partial charge in [0.1, 0.15) is 12.1 Å². The Balaban J connectivity index is 1.61. The average molecular weight is 404 g/mol. The summed E-state index contributed by atoms with van der Waals surface area (Å²) in [4.78, 5) is 20.7. The van der Waals surface area contributed by atoms with Crippen LogP contribution >= 0.6 is 11.3 Å². The minimum absolute atomic E-state index is 0.223. The third-order valence-corrected chi connectivity index (χ3v) is 5.71. The number of nitrogens with zero attached hydrogens (tertiary/aromatic N) is 3. The molecule has 0 saturated carbocycles. The summed E-state index contributed by atoms with van der Waals surface area (Å²) in [7, 11) is 0. The predicted molar refractivity (Wildman–Crippen MR) is 114 cm³/mol. The summed E-state index contributed by atoms with van der Waals surface area (Å²) in [5, 5.41) is 22.7. The van der Waals surface area contributed by atoms with Gasteiger partial charge in [-0.25, -0.2) is 14.8 Å². The molecule has 0 fully saturated rings. The second kappa shape index (κ2) is 7.69. The molecule has 7 nitrogen and oxygen atoms in total. The van der Waals surface area contributed by atoms with Crippen molar-refractivity contribution in [3.05, 3.63) is 71.5 Å². The van der Waals surface area contributed by atoms with Crippen molar-refractivity contribution in [2.24, 2.45) is 5.10 Å². The molecule has 2 heterocycles. The summed E-state index contributed by atoms with van der Waals surface area (Å²) in [6.45, 7) is 2.01. The molecular weight excluding hydrogens is 388 g/mol. The Hall–Kier alpha value is -3.78. The summed E-state index contributed by atoms with van der Waals surface area (Å²) in [6, 6.07) is 13.5. The van der Waals surface area contributed by atoms with Crippen LogP contribution in [-0.4, -0.2) is 32.4 Å². The molecule has 3 N–H and O–H groups in total. The number of nitrogens with one attached hydrogen (secondary N) is 1. The highest BCUT2D eigenvalue weighted by molar-refractivity contribution is 7.23. The summed E-state index contributed by atoms with van der Waals surface area (Å²) >= 11 is 1.55. The van der Waals surface area contributed by atoms with E-state index in [0.29, 0.717) is 5.82 Å². The second-order valence-corrected chi connectivity index (χ2v) is 7.32. The number of rotatable bonds is 5. The number of aromatic nitrogens is 2. The molecule has 0 amide bonds. The van der Waals surface area contributed by atoms with E-state index in [4.69, 9.17) is 5.11 Å². The minimum atomic E-state index is -0.965. The topological polar surface area (TPSA) is 108 Å². The number of phenols is 1. The fourth-order valence-electron chi connectivity index (χ4n) is 2.87. The van der Waals surface area contributed by atoms with Crippen molar-refractivity contribution in [3.8, 4) is 16.2 Å². The van der Waals surface area contributed by atoms with Crippen LogP contribution in [0.3, 0.4) is 0 Å². The molecule has 0 aliphatic rings. The lowest BCUT2D eigenvalue weighted by atomic mass is 10.1. The van der Waals surface area contributed by atoms with E-state index < -0.39 is 5.97 Å². The number of benzene rings is 2. The van der Waals surface area contributed by atoms with Crippen LogP contribution in [0.5, 0.6) is 5.75 Å². The highest BCUT2D eigenvalue weighted by Crippen LogP contribution is 2.39. The largest absolute Gasteiger partial charge is 0.508 e. The summed E-state index contributed by atoms with van der Waals surface area (Å²) < 4.78 is 0.881. The third kappa shape index (κ3) is 3.78. The van der Waals surface area contributed by atoms with Crippen molar-refractivity contribution in [1.29, 1.82) is 0 Å². The number of hydrogen-bond acceptors (Lipinski definition) is 7. The van der Waals surface area contributed by atoms with Crippen LogP contribution in [0.15, 0.2) is 60.0 Å². The molecule has 4 rings (SSSR count). The first-order valence-electron chi connectivity index (χ1n) is 8.69. The number of hydrogen-bond donors (Lipinski definition) is 3. The number of aromatic carboxylic acids is 1. The molecule has 0 aliphatic carbocycles. The fraction of sp³-hybridized carbons (Fsp3) is 0.0476. The number of fused-ring (bicyclic) bond motifs is 1. The van der Waals surface area contributed by atoms with Gasteiger partial charge in [-0.2, -0.15) is 5.10 Å². The van der Waals surface area contributed by atoms with Gasteiger partial charge in [0.2, 0.25) is 0 Å². The van der Waals surface area contributed by atoms with Gasteiger partial charge in [0.15, 0.2) is 5.82 Å². The SMILES string of the molecule is Cc1c(-c2ccc(O)cc2)sc2c(NN=Cc3ccc(C(=O)O)cc3)ncnc12. The van der Waals surface area contributed by atoms with Crippen LogP contribution < -0.4 is 5.43 Å². The smallest absolute Gasteiger partial charge is 0.335 e. The zero-order valence-corrected chi connectivity index (χ0v) is 16.1. The van der Waals surface area contributed by atoms with Crippen molar-refractivity contribution in [1.82, 2.24) is 9.97 Å². The molecule has 29 heavy (non-hydrogen) atoms. The average Bonchev–Trinajstić information content (AvgIpc) is 3.06. The number of carboxylic acid groups (broad SMARTS) is 1. The molecule has 8 heteroatoms. The van der Waals surface area contributed by atoms with E-state index in [9.17, 15) is 9.90 Å². The molecule has 4 aromatic rings. The van der Waals surface area contributed by atoms with Gasteiger partial charge in [-0.15, -0.1) is 11.3 Å². The van der Waals surface area contributed by atoms with Gasteiger partial charge in [-0.3, -0.25) is 5.43 Å². The normalized spacial score (nSPS) is 11.2. The number of thiophene rings is 1. The number of aromatic hydroxyl groups is 1. The van der Waals surface area contributed by atoms with Gasteiger partial charge >= 0.3 is 5.97 Å². The Morgan fingerprint density at radius 2 is 1.83 bits per heavy atom. The summed E-state index contributed by atoms with van der Waals surface area (Å²) in [5.74, 6) is -0.153. The van der Waals surface area contributed by atoms with E-state index in [1.807, 2.05) is 19.1 Å². The van der Waals surface area contributed by atoms with E-state index in [1.54, 1.807) is 41.8 Å². The van der Waals surface area contributed by atoms with Gasteiger partial charge in [0.25, 0.3) is 0 Å². The first-order valence-corrected chi connectivity index (χ1v) is 9.50. The van der Waals surface area contributed by atoms with Crippen molar-refractivity contribution >= 4 is 39.6 Å². The molecule has 0 bridgehead atoms. The van der Waals surface area contributed by atoms with Gasteiger partial charge in [0.05, 0.1) is 22.0 Å². The van der Waals surface area contributed by atoms with Crippen molar-refractivity contribution in [2.75, 3.05) is 5.43 Å². The van der Waals surface area contributed by atoms with Gasteiger partial charge in [-0.05, 0) is 60.0 Å². The number of hydrazone groups is 1. The molecule has 2 aromatic carbocycles. The van der Waals surface area contributed by atoms with Crippen LogP contribution in [-0.2, 0) is 0 Å². The van der Waals surface area contributed by atoms with E-state index in [1.165, 1.54) is 18.5 Å². The zero-order chi connectivity index (χ0) is 20.4. The first kappa shape index (κ1) is 18.6. The Morgan fingerprint density at radius 3 is 2.52 bits per heavy atom. The number of carbonyl (C=O) groups is 1. The maximum absolute atomic E-state index is 10.9. The van der Waals surface area contributed by atoms with Gasteiger partial charge < -0.3 is 10.2 Å².